The van der Waals surface area contributed by atoms with E-state index in [4.69, 9.17) is 5.53 Å². The first-order chi connectivity index (χ1) is 7.61. The Kier molecular flexibility index (Phi) is 2.34. The van der Waals surface area contributed by atoms with Gasteiger partial charge in [0.05, 0.1) is 12.1 Å². The molecule has 1 amide bonds. The number of amides is 1. The molecule has 0 spiro atoms. The van der Waals surface area contributed by atoms with E-state index >= 15 is 0 Å². The van der Waals surface area contributed by atoms with Gasteiger partial charge in [0, 0.05) is 12.6 Å². The summed E-state index contributed by atoms with van der Waals surface area (Å²) in [6, 6.07) is 7.02. The normalized spacial score (nSPS) is 22.9. The summed E-state index contributed by atoms with van der Waals surface area (Å²) < 4.78 is 0. The summed E-state index contributed by atoms with van der Waals surface area (Å²) >= 11 is 0. The molecular formula is C11H11N3O2. The summed E-state index contributed by atoms with van der Waals surface area (Å²) in [6.07, 6.45) is 1.08. The van der Waals surface area contributed by atoms with Crippen molar-refractivity contribution in [2.45, 2.75) is 12.0 Å². The number of rotatable bonds is 2. The maximum absolute atomic E-state index is 11.9. The predicted molar refractivity (Wildman–Crippen MR) is 58.0 cm³/mol. The van der Waals surface area contributed by atoms with Crippen LogP contribution in [-0.4, -0.2) is 29.1 Å². The molecule has 16 heavy (non-hydrogen) atoms. The molecule has 5 heteroatoms. The zero-order valence-corrected chi connectivity index (χ0v) is 8.79. The minimum Gasteiger partial charge on any atom is -0.375 e. The fourth-order valence-corrected chi connectivity index (χ4v) is 1.99. The van der Waals surface area contributed by atoms with Crippen LogP contribution < -0.4 is 4.90 Å². The summed E-state index contributed by atoms with van der Waals surface area (Å²) in [5, 5.41) is 10.3. The average molecular weight is 217 g/mol. The molecule has 1 aromatic carbocycles. The van der Waals surface area contributed by atoms with E-state index in [1.807, 2.05) is 0 Å². The molecule has 0 radical (unpaired) electrons. The van der Waals surface area contributed by atoms with Crippen LogP contribution in [0.1, 0.15) is 12.0 Å². The van der Waals surface area contributed by atoms with Gasteiger partial charge in [0.2, 0.25) is 0 Å². The maximum Gasteiger partial charge on any atom is 0.264 e. The first-order valence-electron chi connectivity index (χ1n) is 4.87. The molecule has 5 nitrogen and oxygen atoms in total. The molecule has 1 aliphatic heterocycles. The second-order valence-electron chi connectivity index (χ2n) is 3.74. The van der Waals surface area contributed by atoms with Gasteiger partial charge in [0.25, 0.3) is 12.1 Å². The molecule has 0 saturated heterocycles. The van der Waals surface area contributed by atoms with Crippen molar-refractivity contribution in [1.82, 2.24) is 0 Å². The quantitative estimate of drug-likeness (QED) is 0.446. The van der Waals surface area contributed by atoms with Gasteiger partial charge in [-0.15, -0.1) is 0 Å². The van der Waals surface area contributed by atoms with Gasteiger partial charge in [-0.25, -0.2) is 0 Å². The summed E-state index contributed by atoms with van der Waals surface area (Å²) in [4.78, 5) is 16.1. The average Bonchev–Trinajstić information content (AvgIpc) is 2.51. The second kappa shape index (κ2) is 3.56. The van der Waals surface area contributed by atoms with E-state index in [2.05, 4.69) is 4.79 Å². The summed E-state index contributed by atoms with van der Waals surface area (Å²) in [7, 11) is 1.61. The topological polar surface area (TPSA) is 76.9 Å². The molecule has 2 rings (SSSR count). The fourth-order valence-electron chi connectivity index (χ4n) is 1.99. The highest BCUT2D eigenvalue weighted by atomic mass is 16.3. The lowest BCUT2D eigenvalue weighted by Gasteiger charge is -2.17. The van der Waals surface area contributed by atoms with Crippen LogP contribution in [0.3, 0.4) is 0 Å². The van der Waals surface area contributed by atoms with Gasteiger partial charge in [-0.2, -0.15) is 4.79 Å². The summed E-state index contributed by atoms with van der Waals surface area (Å²) in [5.41, 5.74) is 7.99. The van der Waals surface area contributed by atoms with Crippen molar-refractivity contribution < 1.29 is 14.7 Å². The Morgan fingerprint density at radius 1 is 1.56 bits per heavy atom. The fraction of sp³-hybridized carbons (Fsp3) is 0.273. The van der Waals surface area contributed by atoms with Crippen molar-refractivity contribution in [3.05, 3.63) is 35.4 Å². The lowest BCUT2D eigenvalue weighted by molar-refractivity contribution is -0.135. The van der Waals surface area contributed by atoms with Crippen LogP contribution in [0.5, 0.6) is 0 Å². The van der Waals surface area contributed by atoms with Crippen molar-refractivity contribution in [2.75, 3.05) is 11.9 Å². The number of nitrogens with zero attached hydrogens (tertiary/aromatic N) is 3. The number of likely N-dealkylation sites (N-methyl/N-ethyl adjacent to an activating group) is 1. The molecule has 1 aliphatic rings. The molecule has 0 aliphatic carbocycles. The summed E-state index contributed by atoms with van der Waals surface area (Å²) in [6.45, 7) is 0. The number of hydrogen-bond donors (Lipinski definition) is 1. The van der Waals surface area contributed by atoms with Gasteiger partial charge >= 0.3 is 0 Å². The Balaban J connectivity index is 2.55. The van der Waals surface area contributed by atoms with E-state index in [1.54, 1.807) is 31.3 Å². The van der Waals surface area contributed by atoms with Gasteiger partial charge < -0.3 is 15.5 Å². The van der Waals surface area contributed by atoms with Crippen LogP contribution in [0.4, 0.5) is 5.69 Å². The van der Waals surface area contributed by atoms with Crippen molar-refractivity contribution in [1.29, 1.82) is 0 Å². The molecule has 1 atom stereocenters. The molecule has 82 valence electrons. The molecule has 0 fully saturated rings. The third-order valence-corrected chi connectivity index (χ3v) is 2.84. The number of carbonyl (C=O) groups excluding carboxylic acids is 1. The van der Waals surface area contributed by atoms with Gasteiger partial charge in [0.1, 0.15) is 0 Å². The zero-order chi connectivity index (χ0) is 11.8. The Hall–Kier alpha value is -1.97. The van der Waals surface area contributed by atoms with E-state index in [0.717, 1.165) is 6.21 Å². The standard InChI is InChI=1S/C11H11N3O2/c1-14-9-5-3-2-4-8(9)11(16,10(14)15)6-7-13-12/h2-5,7,16H,6H2,1H3. The zero-order valence-electron chi connectivity index (χ0n) is 8.79. The molecule has 1 aromatic rings. The molecule has 0 bridgehead atoms. The highest BCUT2D eigenvalue weighted by molar-refractivity contribution is 6.07. The Morgan fingerprint density at radius 3 is 2.94 bits per heavy atom. The molecule has 1 N–H and O–H groups in total. The number of aliphatic hydroxyl groups is 1. The number of para-hydroxylation sites is 1. The highest BCUT2D eigenvalue weighted by Crippen LogP contribution is 2.40. The van der Waals surface area contributed by atoms with Crippen LogP contribution in [0, 0.1) is 0 Å². The van der Waals surface area contributed by atoms with E-state index in [9.17, 15) is 9.90 Å². The van der Waals surface area contributed by atoms with Crippen LogP contribution in [-0.2, 0) is 10.4 Å². The first-order valence-corrected chi connectivity index (χ1v) is 4.87. The van der Waals surface area contributed by atoms with Gasteiger partial charge in [-0.1, -0.05) is 18.2 Å². The predicted octanol–water partition coefficient (Wildman–Crippen LogP) is 0.541. The second-order valence-corrected chi connectivity index (χ2v) is 3.74. The van der Waals surface area contributed by atoms with Gasteiger partial charge in [-0.3, -0.25) is 4.79 Å². The van der Waals surface area contributed by atoms with Gasteiger partial charge in [-0.05, 0) is 6.07 Å². The SMILES string of the molecule is CN1C(=O)C(O)(CC=[N+]=[N-])c2ccccc21. The minimum atomic E-state index is -1.61. The van der Waals surface area contributed by atoms with Crippen molar-refractivity contribution >= 4 is 17.8 Å². The Labute approximate surface area is 92.5 Å². The molecular weight excluding hydrogens is 206 g/mol. The number of hydrogen-bond acceptors (Lipinski definition) is 2. The smallest absolute Gasteiger partial charge is 0.264 e. The van der Waals surface area contributed by atoms with Crippen LogP contribution in [0.15, 0.2) is 24.3 Å². The first kappa shape index (κ1) is 10.5. The lowest BCUT2D eigenvalue weighted by atomic mass is 9.92. The Morgan fingerprint density at radius 2 is 2.25 bits per heavy atom. The number of fused-ring (bicyclic) bond motifs is 1. The van der Waals surface area contributed by atoms with Crippen molar-refractivity contribution in [3.63, 3.8) is 0 Å². The van der Waals surface area contributed by atoms with E-state index < -0.39 is 11.5 Å². The molecule has 0 aromatic heterocycles. The van der Waals surface area contributed by atoms with E-state index in [0.29, 0.717) is 11.3 Å². The maximum atomic E-state index is 11.9. The monoisotopic (exact) mass is 217 g/mol. The largest absolute Gasteiger partial charge is 0.375 e. The highest BCUT2D eigenvalue weighted by Gasteiger charge is 2.48. The van der Waals surface area contributed by atoms with Crippen LogP contribution >= 0.6 is 0 Å². The van der Waals surface area contributed by atoms with Crippen LogP contribution in [0.25, 0.3) is 5.53 Å². The Bertz CT molecular complexity index is 494. The number of anilines is 1. The number of benzene rings is 1. The third-order valence-electron chi connectivity index (χ3n) is 2.84. The van der Waals surface area contributed by atoms with Gasteiger partial charge in [0.15, 0.2) is 5.60 Å². The molecule has 1 heterocycles. The van der Waals surface area contributed by atoms with Crippen LogP contribution in [0.2, 0.25) is 0 Å². The number of carbonyl (C=O) groups is 1. The van der Waals surface area contributed by atoms with Crippen molar-refractivity contribution in [2.24, 2.45) is 0 Å². The third kappa shape index (κ3) is 1.26. The summed E-state index contributed by atoms with van der Waals surface area (Å²) in [5.74, 6) is -0.409. The van der Waals surface area contributed by atoms with Crippen molar-refractivity contribution in [3.8, 4) is 0 Å². The van der Waals surface area contributed by atoms with E-state index in [-0.39, 0.29) is 6.42 Å². The van der Waals surface area contributed by atoms with E-state index in [1.165, 1.54) is 4.90 Å². The lowest BCUT2D eigenvalue weighted by Crippen LogP contribution is -2.38. The molecule has 1 unspecified atom stereocenters. The molecule has 0 saturated carbocycles. The minimum absolute atomic E-state index is 0.0380.